The van der Waals surface area contributed by atoms with Gasteiger partial charge in [-0.05, 0) is 6.07 Å². The van der Waals surface area contributed by atoms with E-state index in [0.717, 1.165) is 12.2 Å². The van der Waals surface area contributed by atoms with Crippen molar-refractivity contribution in [3.63, 3.8) is 0 Å². The number of nitrogens with two attached hydrogens (primary N) is 1. The maximum absolute atomic E-state index is 12.6. The van der Waals surface area contributed by atoms with E-state index in [2.05, 4.69) is 15.2 Å². The van der Waals surface area contributed by atoms with Crippen LogP contribution in [0.4, 0.5) is 0 Å². The zero-order valence-electron chi connectivity index (χ0n) is 12.6. The fraction of sp³-hybridized carbons (Fsp3) is 0.429. The average molecular weight is 335 g/mol. The molecule has 2 aromatic rings. The number of hydrogen-bond donors (Lipinski definition) is 2. The van der Waals surface area contributed by atoms with E-state index in [-0.39, 0.29) is 12.0 Å². The zero-order valence-corrected chi connectivity index (χ0v) is 13.4. The van der Waals surface area contributed by atoms with Gasteiger partial charge in [0.2, 0.25) is 5.91 Å². The molecule has 23 heavy (non-hydrogen) atoms. The number of hydrogen-bond acceptors (Lipinski definition) is 6. The highest BCUT2D eigenvalue weighted by atomic mass is 32.1. The van der Waals surface area contributed by atoms with Gasteiger partial charge in [-0.25, -0.2) is 4.98 Å². The largest absolute Gasteiger partial charge is 0.366 e. The second-order valence-corrected chi connectivity index (χ2v) is 6.08. The summed E-state index contributed by atoms with van der Waals surface area (Å²) >= 11 is 1.21. The lowest BCUT2D eigenvalue weighted by Crippen LogP contribution is -2.42. The van der Waals surface area contributed by atoms with Crippen LogP contribution < -0.4 is 5.73 Å². The number of ether oxygens (including phenoxy) is 1. The van der Waals surface area contributed by atoms with Gasteiger partial charge in [0, 0.05) is 18.3 Å². The third kappa shape index (κ3) is 3.25. The molecule has 2 aromatic heterocycles. The van der Waals surface area contributed by atoms with Gasteiger partial charge in [-0.1, -0.05) is 6.92 Å². The van der Waals surface area contributed by atoms with Crippen molar-refractivity contribution in [2.24, 2.45) is 5.73 Å². The van der Waals surface area contributed by atoms with E-state index in [0.29, 0.717) is 36.0 Å². The molecule has 1 saturated heterocycles. The molecular weight excluding hydrogens is 318 g/mol. The number of carbonyl (C=O) groups is 2. The summed E-state index contributed by atoms with van der Waals surface area (Å²) in [7, 11) is 0. The highest BCUT2D eigenvalue weighted by Crippen LogP contribution is 2.23. The molecule has 9 heteroatoms. The lowest BCUT2D eigenvalue weighted by Gasteiger charge is -2.31. The summed E-state index contributed by atoms with van der Waals surface area (Å²) < 4.78 is 5.67. The van der Waals surface area contributed by atoms with E-state index in [1.165, 1.54) is 17.4 Å². The SMILES string of the molecule is CCc1nc([C@@H]2CN(C(=O)c3cc(C(N)=O)cs3)CCO2)n[nH]1. The lowest BCUT2D eigenvalue weighted by atomic mass is 10.2. The van der Waals surface area contributed by atoms with E-state index in [1.54, 1.807) is 10.3 Å². The Kier molecular flexibility index (Phi) is 4.39. The fourth-order valence-corrected chi connectivity index (χ4v) is 3.20. The molecule has 0 spiro atoms. The van der Waals surface area contributed by atoms with Crippen molar-refractivity contribution >= 4 is 23.2 Å². The Labute approximate surface area is 136 Å². The number of carbonyl (C=O) groups excluding carboxylic acids is 2. The van der Waals surface area contributed by atoms with E-state index in [1.807, 2.05) is 6.92 Å². The summed E-state index contributed by atoms with van der Waals surface area (Å²) in [6.07, 6.45) is 0.410. The van der Waals surface area contributed by atoms with Gasteiger partial charge in [0.1, 0.15) is 11.9 Å². The van der Waals surface area contributed by atoms with Crippen LogP contribution in [0.2, 0.25) is 0 Å². The molecule has 0 aromatic carbocycles. The molecule has 122 valence electrons. The highest BCUT2D eigenvalue weighted by molar-refractivity contribution is 7.12. The standard InChI is InChI=1S/C14H17N5O3S/c1-2-11-16-13(18-17-11)9-6-19(3-4-22-9)14(21)10-5-8(7-23-10)12(15)20/h5,7,9H,2-4,6H2,1H3,(H2,15,20)(H,16,17,18)/t9-/m0/s1. The molecule has 1 atom stereocenters. The van der Waals surface area contributed by atoms with Crippen molar-refractivity contribution in [3.05, 3.63) is 33.5 Å². The molecule has 0 bridgehead atoms. The first-order valence-electron chi connectivity index (χ1n) is 7.29. The van der Waals surface area contributed by atoms with Crippen molar-refractivity contribution < 1.29 is 14.3 Å². The molecule has 3 N–H and O–H groups in total. The van der Waals surface area contributed by atoms with Crippen LogP contribution in [0.25, 0.3) is 0 Å². The third-order valence-electron chi connectivity index (χ3n) is 3.62. The first-order chi connectivity index (χ1) is 11.1. The average Bonchev–Trinajstić information content (AvgIpc) is 3.23. The molecule has 0 saturated carbocycles. The van der Waals surface area contributed by atoms with Gasteiger partial charge in [-0.15, -0.1) is 11.3 Å². The van der Waals surface area contributed by atoms with Crippen molar-refractivity contribution in [2.75, 3.05) is 19.7 Å². The first kappa shape index (κ1) is 15.6. The number of nitrogens with zero attached hydrogens (tertiary/aromatic N) is 3. The number of H-pyrrole nitrogens is 1. The molecule has 3 rings (SSSR count). The predicted molar refractivity (Wildman–Crippen MR) is 83.2 cm³/mol. The maximum atomic E-state index is 12.6. The summed E-state index contributed by atoms with van der Waals surface area (Å²) in [5.41, 5.74) is 5.57. The fourth-order valence-electron chi connectivity index (χ4n) is 2.34. The van der Waals surface area contributed by atoms with Crippen molar-refractivity contribution in [1.82, 2.24) is 20.1 Å². The molecule has 0 unspecified atom stereocenters. The molecule has 1 aliphatic heterocycles. The minimum absolute atomic E-state index is 0.137. The van der Waals surface area contributed by atoms with Crippen LogP contribution in [-0.2, 0) is 11.2 Å². The van der Waals surface area contributed by atoms with Crippen LogP contribution >= 0.6 is 11.3 Å². The normalized spacial score (nSPS) is 18.1. The number of nitrogens with one attached hydrogen (secondary N) is 1. The number of amides is 2. The third-order valence-corrected chi connectivity index (χ3v) is 4.54. The van der Waals surface area contributed by atoms with E-state index in [4.69, 9.17) is 10.5 Å². The van der Waals surface area contributed by atoms with Gasteiger partial charge in [0.15, 0.2) is 5.82 Å². The van der Waals surface area contributed by atoms with Crippen LogP contribution in [0.1, 0.15) is 44.7 Å². The number of rotatable bonds is 4. The molecule has 0 radical (unpaired) electrons. The van der Waals surface area contributed by atoms with E-state index >= 15 is 0 Å². The van der Waals surface area contributed by atoms with E-state index in [9.17, 15) is 9.59 Å². The zero-order chi connectivity index (χ0) is 16.4. The van der Waals surface area contributed by atoms with Crippen molar-refractivity contribution in [2.45, 2.75) is 19.4 Å². The van der Waals surface area contributed by atoms with Crippen LogP contribution in [0.5, 0.6) is 0 Å². The van der Waals surface area contributed by atoms with Gasteiger partial charge in [-0.2, -0.15) is 5.10 Å². The summed E-state index contributed by atoms with van der Waals surface area (Å²) in [5, 5.41) is 8.59. The summed E-state index contributed by atoms with van der Waals surface area (Å²) in [6, 6.07) is 1.53. The van der Waals surface area contributed by atoms with Crippen LogP contribution in [-0.4, -0.2) is 51.6 Å². The monoisotopic (exact) mass is 335 g/mol. The number of primary amides is 1. The maximum Gasteiger partial charge on any atom is 0.264 e. The van der Waals surface area contributed by atoms with Gasteiger partial charge in [0.25, 0.3) is 5.91 Å². The topological polar surface area (TPSA) is 114 Å². The number of aromatic nitrogens is 3. The summed E-state index contributed by atoms with van der Waals surface area (Å²) in [6.45, 7) is 3.27. The van der Waals surface area contributed by atoms with Gasteiger partial charge in [0.05, 0.1) is 23.6 Å². The van der Waals surface area contributed by atoms with E-state index < -0.39 is 5.91 Å². The Morgan fingerprint density at radius 2 is 2.39 bits per heavy atom. The smallest absolute Gasteiger partial charge is 0.264 e. The number of aromatic amines is 1. The van der Waals surface area contributed by atoms with Crippen LogP contribution in [0.3, 0.4) is 0 Å². The predicted octanol–water partition coefficient (Wildman–Crippen LogP) is 0.741. The number of thiophene rings is 1. The Morgan fingerprint density at radius 3 is 3.04 bits per heavy atom. The van der Waals surface area contributed by atoms with Gasteiger partial charge >= 0.3 is 0 Å². The lowest BCUT2D eigenvalue weighted by molar-refractivity contribution is -0.0265. The summed E-state index contributed by atoms with van der Waals surface area (Å²) in [5.74, 6) is 0.676. The quantitative estimate of drug-likeness (QED) is 0.855. The number of aryl methyl sites for hydroxylation is 1. The molecule has 0 aliphatic carbocycles. The van der Waals surface area contributed by atoms with Gasteiger partial charge < -0.3 is 15.4 Å². The van der Waals surface area contributed by atoms with Crippen LogP contribution in [0.15, 0.2) is 11.4 Å². The molecule has 1 fully saturated rings. The van der Waals surface area contributed by atoms with Gasteiger partial charge in [-0.3, -0.25) is 14.7 Å². The Bertz CT molecular complexity index is 726. The second-order valence-electron chi connectivity index (χ2n) is 5.17. The molecule has 8 nitrogen and oxygen atoms in total. The van der Waals surface area contributed by atoms with Crippen LogP contribution in [0, 0.1) is 0 Å². The molecular formula is C14H17N5O3S. The molecule has 1 aliphatic rings. The first-order valence-corrected chi connectivity index (χ1v) is 8.16. The Morgan fingerprint density at radius 1 is 1.57 bits per heavy atom. The summed E-state index contributed by atoms with van der Waals surface area (Å²) in [4.78, 5) is 30.2. The molecule has 2 amide bonds. The Hall–Kier alpha value is -2.26. The van der Waals surface area contributed by atoms with Crippen molar-refractivity contribution in [3.8, 4) is 0 Å². The molecule has 3 heterocycles. The second kappa shape index (κ2) is 6.47. The minimum Gasteiger partial charge on any atom is -0.366 e. The highest BCUT2D eigenvalue weighted by Gasteiger charge is 2.29. The minimum atomic E-state index is -0.534. The van der Waals surface area contributed by atoms with Crippen molar-refractivity contribution in [1.29, 1.82) is 0 Å². The Balaban J connectivity index is 1.72. The number of morpholine rings is 1.